The van der Waals surface area contributed by atoms with E-state index in [2.05, 4.69) is 17.2 Å². The molecule has 2 aromatic rings. The van der Waals surface area contributed by atoms with Crippen LogP contribution in [0.1, 0.15) is 30.9 Å². The number of aromatic nitrogens is 1. The lowest BCUT2D eigenvalue weighted by atomic mass is 10.1. The highest BCUT2D eigenvalue weighted by Gasteiger charge is 2.11. The summed E-state index contributed by atoms with van der Waals surface area (Å²) in [6, 6.07) is 8.26. The van der Waals surface area contributed by atoms with Crippen LogP contribution >= 0.6 is 0 Å². The molecule has 4 nitrogen and oxygen atoms in total. The van der Waals surface area contributed by atoms with Gasteiger partial charge < -0.3 is 9.73 Å². The Morgan fingerprint density at radius 2 is 1.90 bits per heavy atom. The summed E-state index contributed by atoms with van der Waals surface area (Å²) in [5.41, 5.74) is 2.99. The number of nitrogens with one attached hydrogen (secondary N) is 1. The van der Waals surface area contributed by atoms with Gasteiger partial charge in [-0.25, -0.2) is 4.79 Å². The summed E-state index contributed by atoms with van der Waals surface area (Å²) in [6.45, 7) is 6.63. The van der Waals surface area contributed by atoms with Crippen molar-refractivity contribution in [1.29, 1.82) is 0 Å². The van der Waals surface area contributed by atoms with Crippen molar-refractivity contribution in [3.63, 3.8) is 0 Å². The maximum atomic E-state index is 11.9. The van der Waals surface area contributed by atoms with Gasteiger partial charge in [-0.2, -0.15) is 4.98 Å². The Morgan fingerprint density at radius 1 is 1.20 bits per heavy atom. The number of benzene rings is 1. The molecule has 1 aromatic carbocycles. The van der Waals surface area contributed by atoms with Gasteiger partial charge in [-0.15, -0.1) is 0 Å². The van der Waals surface area contributed by atoms with Gasteiger partial charge in [0.05, 0.1) is 11.3 Å². The van der Waals surface area contributed by atoms with Gasteiger partial charge in [0.25, 0.3) is 6.01 Å². The van der Waals surface area contributed by atoms with Crippen molar-refractivity contribution in [2.75, 3.05) is 11.9 Å². The Labute approximate surface area is 118 Å². The Kier molecular flexibility index (Phi) is 4.56. The molecule has 0 atom stereocenters. The van der Waals surface area contributed by atoms with Gasteiger partial charge in [-0.1, -0.05) is 43.2 Å². The quantitative estimate of drug-likeness (QED) is 0.846. The highest BCUT2D eigenvalue weighted by molar-refractivity contribution is 5.63. The second kappa shape index (κ2) is 6.37. The van der Waals surface area contributed by atoms with Gasteiger partial charge in [0.15, 0.2) is 0 Å². The van der Waals surface area contributed by atoms with Crippen LogP contribution in [0, 0.1) is 13.8 Å². The maximum Gasteiger partial charge on any atom is 0.343 e. The van der Waals surface area contributed by atoms with E-state index in [-0.39, 0.29) is 5.63 Å². The minimum absolute atomic E-state index is 0.296. The average molecular weight is 272 g/mol. The van der Waals surface area contributed by atoms with Gasteiger partial charge in [-0.05, 0) is 20.3 Å². The molecule has 0 bridgehead atoms. The summed E-state index contributed by atoms with van der Waals surface area (Å²) in [7, 11) is 0. The standard InChI is InChI=1S/C16H20N2O2/c1-4-5-10-17-16-18-14(12(3)15(19)20-16)13-8-6-11(2)7-9-13/h6-9H,4-5,10H2,1-3H3,(H,17,18). The fourth-order valence-corrected chi connectivity index (χ4v) is 1.91. The third kappa shape index (κ3) is 3.26. The molecule has 106 valence electrons. The van der Waals surface area contributed by atoms with E-state index in [1.165, 1.54) is 5.56 Å². The molecule has 0 saturated carbocycles. The average Bonchev–Trinajstić information content (AvgIpc) is 2.44. The van der Waals surface area contributed by atoms with E-state index in [1.807, 2.05) is 31.2 Å². The molecule has 0 fully saturated rings. The first-order chi connectivity index (χ1) is 9.61. The van der Waals surface area contributed by atoms with E-state index in [4.69, 9.17) is 4.42 Å². The van der Waals surface area contributed by atoms with Crippen LogP contribution in [-0.2, 0) is 0 Å². The van der Waals surface area contributed by atoms with Crippen molar-refractivity contribution < 1.29 is 4.42 Å². The van der Waals surface area contributed by atoms with Crippen LogP contribution in [0.5, 0.6) is 0 Å². The first-order valence-corrected chi connectivity index (χ1v) is 6.94. The summed E-state index contributed by atoms with van der Waals surface area (Å²) in [6.07, 6.45) is 2.09. The van der Waals surface area contributed by atoms with Gasteiger partial charge in [0.2, 0.25) is 0 Å². The molecule has 4 heteroatoms. The molecule has 20 heavy (non-hydrogen) atoms. The largest absolute Gasteiger partial charge is 0.389 e. The number of hydrogen-bond acceptors (Lipinski definition) is 4. The van der Waals surface area contributed by atoms with Crippen molar-refractivity contribution in [2.24, 2.45) is 0 Å². The Morgan fingerprint density at radius 3 is 2.55 bits per heavy atom. The molecular formula is C16H20N2O2. The minimum Gasteiger partial charge on any atom is -0.389 e. The lowest BCUT2D eigenvalue weighted by Gasteiger charge is -2.08. The highest BCUT2D eigenvalue weighted by atomic mass is 16.4. The number of rotatable bonds is 5. The van der Waals surface area contributed by atoms with Gasteiger partial charge >= 0.3 is 5.63 Å². The number of hydrogen-bond donors (Lipinski definition) is 1. The van der Waals surface area contributed by atoms with E-state index >= 15 is 0 Å². The molecule has 0 saturated heterocycles. The molecule has 0 aliphatic carbocycles. The van der Waals surface area contributed by atoms with Crippen LogP contribution in [0.15, 0.2) is 33.5 Å². The predicted octanol–water partition coefficient (Wildman–Crippen LogP) is 3.53. The highest BCUT2D eigenvalue weighted by Crippen LogP contribution is 2.21. The number of anilines is 1. The monoisotopic (exact) mass is 272 g/mol. The van der Waals surface area contributed by atoms with Crippen molar-refractivity contribution >= 4 is 6.01 Å². The Hall–Kier alpha value is -2.10. The second-order valence-corrected chi connectivity index (χ2v) is 4.93. The minimum atomic E-state index is -0.338. The van der Waals surface area contributed by atoms with Crippen LogP contribution in [0.4, 0.5) is 6.01 Å². The maximum absolute atomic E-state index is 11.9. The normalized spacial score (nSPS) is 10.6. The first-order valence-electron chi connectivity index (χ1n) is 6.94. The fourth-order valence-electron chi connectivity index (χ4n) is 1.91. The smallest absolute Gasteiger partial charge is 0.343 e. The van der Waals surface area contributed by atoms with Crippen molar-refractivity contribution in [2.45, 2.75) is 33.6 Å². The van der Waals surface area contributed by atoms with E-state index in [0.29, 0.717) is 17.3 Å². The zero-order valence-corrected chi connectivity index (χ0v) is 12.2. The lowest BCUT2D eigenvalue weighted by molar-refractivity contribution is 0.500. The van der Waals surface area contributed by atoms with Crippen molar-refractivity contribution in [3.05, 3.63) is 45.8 Å². The molecule has 0 aliphatic rings. The second-order valence-electron chi connectivity index (χ2n) is 4.93. The number of aryl methyl sites for hydroxylation is 1. The first kappa shape index (κ1) is 14.3. The van der Waals surface area contributed by atoms with Gasteiger partial charge in [0, 0.05) is 12.1 Å². The third-order valence-corrected chi connectivity index (χ3v) is 3.20. The van der Waals surface area contributed by atoms with Crippen LogP contribution in [0.25, 0.3) is 11.3 Å². The van der Waals surface area contributed by atoms with E-state index < -0.39 is 0 Å². The van der Waals surface area contributed by atoms with Crippen molar-refractivity contribution in [1.82, 2.24) is 4.98 Å². The zero-order valence-electron chi connectivity index (χ0n) is 12.2. The SMILES string of the molecule is CCCCNc1nc(-c2ccc(C)cc2)c(C)c(=O)o1. The van der Waals surface area contributed by atoms with Crippen LogP contribution in [-0.4, -0.2) is 11.5 Å². The molecule has 1 heterocycles. The predicted molar refractivity (Wildman–Crippen MR) is 81.1 cm³/mol. The Balaban J connectivity index is 2.36. The molecule has 0 spiro atoms. The molecule has 0 unspecified atom stereocenters. The summed E-state index contributed by atoms with van der Waals surface area (Å²) in [4.78, 5) is 16.3. The summed E-state index contributed by atoms with van der Waals surface area (Å²) >= 11 is 0. The topological polar surface area (TPSA) is 55.1 Å². The molecule has 2 rings (SSSR count). The lowest BCUT2D eigenvalue weighted by Crippen LogP contribution is -2.12. The molecule has 1 N–H and O–H groups in total. The summed E-state index contributed by atoms with van der Waals surface area (Å²) in [5.74, 6) is 0. The molecule has 0 aliphatic heterocycles. The third-order valence-electron chi connectivity index (χ3n) is 3.20. The van der Waals surface area contributed by atoms with Gasteiger partial charge in [-0.3, -0.25) is 0 Å². The van der Waals surface area contributed by atoms with Crippen LogP contribution < -0.4 is 10.9 Å². The molecule has 0 amide bonds. The molecular weight excluding hydrogens is 252 g/mol. The van der Waals surface area contributed by atoms with Gasteiger partial charge in [0.1, 0.15) is 0 Å². The van der Waals surface area contributed by atoms with Crippen LogP contribution in [0.3, 0.4) is 0 Å². The Bertz CT molecular complexity index is 630. The fraction of sp³-hybridized carbons (Fsp3) is 0.375. The van der Waals surface area contributed by atoms with E-state index in [0.717, 1.165) is 24.9 Å². The number of nitrogens with zero attached hydrogens (tertiary/aromatic N) is 1. The molecule has 0 radical (unpaired) electrons. The van der Waals surface area contributed by atoms with E-state index in [1.54, 1.807) is 6.92 Å². The van der Waals surface area contributed by atoms with Crippen LogP contribution in [0.2, 0.25) is 0 Å². The molecule has 1 aromatic heterocycles. The summed E-state index contributed by atoms with van der Waals surface area (Å²) in [5, 5.41) is 3.06. The number of unbranched alkanes of at least 4 members (excludes halogenated alkanes) is 1. The zero-order chi connectivity index (χ0) is 14.5. The van der Waals surface area contributed by atoms with E-state index in [9.17, 15) is 4.79 Å². The summed E-state index contributed by atoms with van der Waals surface area (Å²) < 4.78 is 5.16. The van der Waals surface area contributed by atoms with Crippen molar-refractivity contribution in [3.8, 4) is 11.3 Å².